The minimum Gasteiger partial charge on any atom is -0.383 e. The number of carbonyl (C=O) groups is 1. The second-order valence-electron chi connectivity index (χ2n) is 7.32. The molecule has 1 aliphatic heterocycles. The molecule has 33 heavy (non-hydrogen) atoms. The van der Waals surface area contributed by atoms with Crippen LogP contribution in [0.2, 0.25) is 0 Å². The third-order valence-electron chi connectivity index (χ3n) is 5.04. The van der Waals surface area contributed by atoms with E-state index in [1.807, 2.05) is 0 Å². The van der Waals surface area contributed by atoms with E-state index in [4.69, 9.17) is 9.92 Å². The van der Waals surface area contributed by atoms with Gasteiger partial charge >= 0.3 is 10.1 Å². The van der Waals surface area contributed by atoms with E-state index < -0.39 is 45.6 Å². The maximum atomic E-state index is 14.6. The molecule has 172 valence electrons. The molecular formula is C21H17F3N4O4S. The van der Waals surface area contributed by atoms with Crippen LogP contribution in [0.5, 0.6) is 5.75 Å². The Morgan fingerprint density at radius 2 is 1.67 bits per heavy atom. The Kier molecular flexibility index (Phi) is 5.60. The van der Waals surface area contributed by atoms with Crippen LogP contribution in [0.15, 0.2) is 54.6 Å². The molecule has 1 aliphatic rings. The van der Waals surface area contributed by atoms with E-state index in [0.29, 0.717) is 5.56 Å². The zero-order valence-electron chi connectivity index (χ0n) is 17.0. The Labute approximate surface area is 186 Å². The Morgan fingerprint density at radius 1 is 1.00 bits per heavy atom. The van der Waals surface area contributed by atoms with Gasteiger partial charge in [0.2, 0.25) is 11.9 Å². The minimum absolute atomic E-state index is 0.0124. The Morgan fingerprint density at radius 3 is 2.24 bits per heavy atom. The number of pyridine rings is 1. The Bertz CT molecular complexity index is 1350. The molecule has 1 saturated heterocycles. The highest BCUT2D eigenvalue weighted by Crippen LogP contribution is 2.37. The first-order valence-corrected chi connectivity index (χ1v) is 11.3. The molecule has 3 aromatic rings. The lowest BCUT2D eigenvalue weighted by Crippen LogP contribution is -2.47. The van der Waals surface area contributed by atoms with E-state index in [0.717, 1.165) is 24.5 Å². The van der Waals surface area contributed by atoms with Crippen molar-refractivity contribution in [1.29, 1.82) is 0 Å². The molecule has 1 aromatic heterocycles. The number of nitrogens with two attached hydrogens (primary N) is 1. The van der Waals surface area contributed by atoms with E-state index in [1.165, 1.54) is 36.4 Å². The standard InChI is InChI=1S/C21H17F3N4O4S/c1-33(30,31)32-13-5-2-11(3-6-13)21(19(29)27-20(25)28-21)12-4-8-16(22)15(10-12)14-7-9-17(23)26-18(14)24/h2-10,20,28H,25H2,1H3,(H,27,29). The third-order valence-corrected chi connectivity index (χ3v) is 5.53. The summed E-state index contributed by atoms with van der Waals surface area (Å²) < 4.78 is 69.7. The zero-order valence-corrected chi connectivity index (χ0v) is 17.8. The molecule has 2 atom stereocenters. The van der Waals surface area contributed by atoms with Crippen LogP contribution in [0.4, 0.5) is 13.2 Å². The molecule has 0 spiro atoms. The SMILES string of the molecule is CS(=O)(=O)Oc1ccc(C2(c3ccc(F)c(-c4ccc(F)nc4F)c3)NC(N)NC2=O)cc1. The lowest BCUT2D eigenvalue weighted by Gasteiger charge is -2.29. The molecule has 0 bridgehead atoms. The van der Waals surface area contributed by atoms with Crippen molar-refractivity contribution in [2.75, 3.05) is 6.26 Å². The van der Waals surface area contributed by atoms with Crippen LogP contribution in [0, 0.1) is 17.7 Å². The van der Waals surface area contributed by atoms with Crippen LogP contribution in [0.1, 0.15) is 11.1 Å². The summed E-state index contributed by atoms with van der Waals surface area (Å²) in [6.45, 7) is 0. The number of rotatable bonds is 5. The summed E-state index contributed by atoms with van der Waals surface area (Å²) in [6.07, 6.45) is -0.0844. The number of carbonyl (C=O) groups excluding carboxylic acids is 1. The maximum Gasteiger partial charge on any atom is 0.306 e. The van der Waals surface area contributed by atoms with Crippen molar-refractivity contribution in [1.82, 2.24) is 15.6 Å². The molecule has 1 fully saturated rings. The van der Waals surface area contributed by atoms with Gasteiger partial charge in [0.25, 0.3) is 5.91 Å². The van der Waals surface area contributed by atoms with Crippen LogP contribution in [0.3, 0.4) is 0 Å². The van der Waals surface area contributed by atoms with Crippen molar-refractivity contribution in [2.24, 2.45) is 5.73 Å². The second kappa shape index (κ2) is 8.14. The topological polar surface area (TPSA) is 123 Å². The molecule has 1 amide bonds. The largest absolute Gasteiger partial charge is 0.383 e. The monoisotopic (exact) mass is 478 g/mol. The molecular weight excluding hydrogens is 461 g/mol. The van der Waals surface area contributed by atoms with E-state index in [1.54, 1.807) is 0 Å². The Balaban J connectivity index is 1.86. The van der Waals surface area contributed by atoms with E-state index in [-0.39, 0.29) is 22.4 Å². The van der Waals surface area contributed by atoms with Crippen LogP contribution in [-0.4, -0.2) is 31.9 Å². The molecule has 0 aliphatic carbocycles. The van der Waals surface area contributed by atoms with Gasteiger partial charge in [0, 0.05) is 11.1 Å². The number of benzene rings is 2. The summed E-state index contributed by atoms with van der Waals surface area (Å²) >= 11 is 0. The lowest BCUT2D eigenvalue weighted by atomic mass is 9.81. The first-order valence-electron chi connectivity index (χ1n) is 9.46. The van der Waals surface area contributed by atoms with Crippen molar-refractivity contribution in [2.45, 2.75) is 11.8 Å². The molecule has 4 N–H and O–H groups in total. The summed E-state index contributed by atoms with van der Waals surface area (Å²) in [6, 6.07) is 11.1. The number of aromatic nitrogens is 1. The zero-order chi connectivity index (χ0) is 24.0. The fraction of sp³-hybridized carbons (Fsp3) is 0.143. The number of amides is 1. The normalized spacial score (nSPS) is 20.5. The van der Waals surface area contributed by atoms with Crippen LogP contribution >= 0.6 is 0 Å². The van der Waals surface area contributed by atoms with Gasteiger partial charge in [0.05, 0.1) is 6.26 Å². The fourth-order valence-electron chi connectivity index (χ4n) is 3.69. The number of hydrogen-bond acceptors (Lipinski definition) is 7. The van der Waals surface area contributed by atoms with Crippen molar-refractivity contribution < 1.29 is 30.6 Å². The highest BCUT2D eigenvalue weighted by Gasteiger charge is 2.48. The lowest BCUT2D eigenvalue weighted by molar-refractivity contribution is -0.123. The van der Waals surface area contributed by atoms with E-state index in [2.05, 4.69) is 15.6 Å². The van der Waals surface area contributed by atoms with Crippen molar-refractivity contribution in [3.8, 4) is 16.9 Å². The van der Waals surface area contributed by atoms with Gasteiger partial charge in [-0.2, -0.15) is 22.2 Å². The molecule has 2 heterocycles. The number of halogens is 3. The number of nitrogens with one attached hydrogen (secondary N) is 2. The van der Waals surface area contributed by atoms with Gasteiger partial charge in [0.15, 0.2) is 5.54 Å². The summed E-state index contributed by atoms with van der Waals surface area (Å²) in [5, 5.41) is 5.43. The summed E-state index contributed by atoms with van der Waals surface area (Å²) in [4.78, 5) is 16.1. The average molecular weight is 478 g/mol. The molecule has 2 unspecified atom stereocenters. The first kappa shape index (κ1) is 22.7. The van der Waals surface area contributed by atoms with Crippen LogP contribution in [-0.2, 0) is 20.5 Å². The van der Waals surface area contributed by atoms with Gasteiger partial charge < -0.3 is 9.50 Å². The first-order chi connectivity index (χ1) is 15.5. The maximum absolute atomic E-state index is 14.6. The summed E-state index contributed by atoms with van der Waals surface area (Å²) in [5.74, 6) is -3.67. The molecule has 12 heteroatoms. The quantitative estimate of drug-likeness (QED) is 0.377. The highest BCUT2D eigenvalue weighted by molar-refractivity contribution is 7.86. The van der Waals surface area contributed by atoms with Crippen molar-refractivity contribution in [3.63, 3.8) is 0 Å². The minimum atomic E-state index is -3.77. The van der Waals surface area contributed by atoms with Crippen LogP contribution < -0.4 is 20.6 Å². The molecule has 2 aromatic carbocycles. The summed E-state index contributed by atoms with van der Waals surface area (Å²) in [5.41, 5.74) is 4.22. The Hall–Kier alpha value is -3.48. The van der Waals surface area contributed by atoms with Gasteiger partial charge in [0.1, 0.15) is 17.9 Å². The fourth-order valence-corrected chi connectivity index (χ4v) is 4.15. The molecule has 0 saturated carbocycles. The molecule has 4 rings (SSSR count). The van der Waals surface area contributed by atoms with E-state index >= 15 is 0 Å². The van der Waals surface area contributed by atoms with Gasteiger partial charge in [-0.3, -0.25) is 15.8 Å². The predicted molar refractivity (Wildman–Crippen MR) is 111 cm³/mol. The highest BCUT2D eigenvalue weighted by atomic mass is 32.2. The van der Waals surface area contributed by atoms with Crippen molar-refractivity contribution >= 4 is 16.0 Å². The third kappa shape index (κ3) is 4.27. The van der Waals surface area contributed by atoms with Gasteiger partial charge in [-0.1, -0.05) is 18.2 Å². The predicted octanol–water partition coefficient (Wildman–Crippen LogP) is 1.71. The van der Waals surface area contributed by atoms with Crippen molar-refractivity contribution in [3.05, 3.63) is 83.4 Å². The smallest absolute Gasteiger partial charge is 0.306 e. The molecule has 8 nitrogen and oxygen atoms in total. The summed E-state index contributed by atoms with van der Waals surface area (Å²) in [7, 11) is -3.77. The number of nitrogens with zero attached hydrogens (tertiary/aromatic N) is 1. The average Bonchev–Trinajstić information content (AvgIpc) is 3.03. The number of hydrogen-bond donors (Lipinski definition) is 3. The van der Waals surface area contributed by atoms with Gasteiger partial charge in [-0.25, -0.2) is 4.39 Å². The second-order valence-corrected chi connectivity index (χ2v) is 8.90. The van der Waals surface area contributed by atoms with Crippen LogP contribution in [0.25, 0.3) is 11.1 Å². The van der Waals surface area contributed by atoms with E-state index in [9.17, 15) is 26.4 Å². The molecule has 0 radical (unpaired) electrons. The van der Waals surface area contributed by atoms with Gasteiger partial charge in [-0.15, -0.1) is 0 Å². The van der Waals surface area contributed by atoms with Gasteiger partial charge in [-0.05, 0) is 47.5 Å².